The number of amides is 4. The molecule has 4 amide bonds. The van der Waals surface area contributed by atoms with Gasteiger partial charge in [-0.1, -0.05) is 31.0 Å². The van der Waals surface area contributed by atoms with Gasteiger partial charge in [0.25, 0.3) is 5.91 Å². The van der Waals surface area contributed by atoms with Gasteiger partial charge in [-0.05, 0) is 49.2 Å². The molecule has 174 valence electrons. The van der Waals surface area contributed by atoms with Crippen LogP contribution in [0.2, 0.25) is 0 Å². The summed E-state index contributed by atoms with van der Waals surface area (Å²) in [5, 5.41) is 17.9. The molecule has 0 fully saturated rings. The molecule has 9 nitrogen and oxygen atoms in total. The third-order valence-corrected chi connectivity index (χ3v) is 5.34. The maximum Gasteiger partial charge on any atom is 0.324 e. The predicted octanol–water partition coefficient (Wildman–Crippen LogP) is 4.01. The van der Waals surface area contributed by atoms with Crippen molar-refractivity contribution in [3.05, 3.63) is 60.2 Å². The van der Waals surface area contributed by atoms with Gasteiger partial charge in [-0.3, -0.25) is 20.1 Å². The monoisotopic (exact) mass is 451 g/mol. The van der Waals surface area contributed by atoms with Gasteiger partial charge in [0.15, 0.2) is 0 Å². The molecule has 3 rings (SSSR count). The summed E-state index contributed by atoms with van der Waals surface area (Å²) in [6.45, 7) is 0.540. The molecule has 0 aliphatic heterocycles. The Hall–Kier alpha value is -3.85. The zero-order valence-electron chi connectivity index (χ0n) is 18.6. The Morgan fingerprint density at radius 1 is 0.909 bits per heavy atom. The van der Waals surface area contributed by atoms with Gasteiger partial charge in [0, 0.05) is 42.2 Å². The van der Waals surface area contributed by atoms with Crippen molar-refractivity contribution in [2.75, 3.05) is 17.2 Å². The van der Waals surface area contributed by atoms with E-state index >= 15 is 0 Å². The van der Waals surface area contributed by atoms with Crippen LogP contribution in [0.15, 0.2) is 54.6 Å². The molecule has 3 aromatic rings. The molecule has 2 aromatic carbocycles. The zero-order chi connectivity index (χ0) is 23.6. The fourth-order valence-corrected chi connectivity index (χ4v) is 3.52. The third kappa shape index (κ3) is 6.81. The summed E-state index contributed by atoms with van der Waals surface area (Å²) in [7, 11) is 1.89. The lowest BCUT2D eigenvalue weighted by molar-refractivity contribution is -0.129. The first-order valence-corrected chi connectivity index (χ1v) is 10.9. The molecule has 0 aliphatic carbocycles. The van der Waals surface area contributed by atoms with Crippen LogP contribution in [0.4, 0.5) is 16.3 Å². The van der Waals surface area contributed by atoms with E-state index < -0.39 is 0 Å². The number of fused-ring (bicyclic) bond motifs is 1. The van der Waals surface area contributed by atoms with Gasteiger partial charge in [0.1, 0.15) is 5.82 Å². The quantitative estimate of drug-likeness (QED) is 0.181. The number of hydrogen-bond donors (Lipinski definition) is 5. The number of hydroxylamine groups is 1. The number of unbranched alkanes of at least 4 members (excludes halogenated alkanes) is 3. The van der Waals surface area contributed by atoms with Crippen molar-refractivity contribution in [1.82, 2.24) is 15.4 Å². The summed E-state index contributed by atoms with van der Waals surface area (Å²) >= 11 is 0. The number of urea groups is 1. The Morgan fingerprint density at radius 3 is 2.36 bits per heavy atom. The van der Waals surface area contributed by atoms with Crippen LogP contribution in [0.3, 0.4) is 0 Å². The Bertz CT molecular complexity index is 1110. The van der Waals surface area contributed by atoms with E-state index in [1.165, 1.54) is 0 Å². The fraction of sp³-hybridized carbons (Fsp3) is 0.292. The molecule has 33 heavy (non-hydrogen) atoms. The number of nitrogens with zero attached hydrogens (tertiary/aromatic N) is 1. The second-order valence-electron chi connectivity index (χ2n) is 7.76. The number of hydrogen-bond acceptors (Lipinski definition) is 4. The number of benzene rings is 2. The van der Waals surface area contributed by atoms with Gasteiger partial charge >= 0.3 is 6.03 Å². The molecule has 0 aliphatic rings. The van der Waals surface area contributed by atoms with Crippen molar-refractivity contribution in [1.29, 1.82) is 0 Å². The van der Waals surface area contributed by atoms with E-state index in [-0.39, 0.29) is 17.8 Å². The molecular weight excluding hydrogens is 422 g/mol. The maximum atomic E-state index is 12.4. The highest BCUT2D eigenvalue weighted by Crippen LogP contribution is 2.22. The molecule has 0 unspecified atom stereocenters. The Labute approximate surface area is 192 Å². The van der Waals surface area contributed by atoms with E-state index in [4.69, 9.17) is 5.21 Å². The van der Waals surface area contributed by atoms with Crippen LogP contribution in [-0.2, 0) is 11.8 Å². The first kappa shape index (κ1) is 23.8. The second kappa shape index (κ2) is 11.7. The van der Waals surface area contributed by atoms with Crippen LogP contribution >= 0.6 is 0 Å². The molecule has 0 radical (unpaired) electrons. The van der Waals surface area contributed by atoms with Crippen molar-refractivity contribution < 1.29 is 19.6 Å². The van der Waals surface area contributed by atoms with E-state index in [2.05, 4.69) is 16.0 Å². The molecule has 0 bridgehead atoms. The van der Waals surface area contributed by atoms with Crippen molar-refractivity contribution in [3.8, 4) is 0 Å². The van der Waals surface area contributed by atoms with Crippen LogP contribution in [0.1, 0.15) is 42.5 Å². The minimum absolute atomic E-state index is 0.179. The fourth-order valence-electron chi connectivity index (χ4n) is 3.52. The van der Waals surface area contributed by atoms with Gasteiger partial charge in [0.05, 0.1) is 0 Å². The number of aromatic nitrogens is 1. The normalized spacial score (nSPS) is 10.6. The van der Waals surface area contributed by atoms with Gasteiger partial charge in [-0.25, -0.2) is 10.3 Å². The maximum absolute atomic E-state index is 12.4. The number of aryl methyl sites for hydroxylation is 1. The van der Waals surface area contributed by atoms with Crippen LogP contribution < -0.4 is 21.4 Å². The highest BCUT2D eigenvalue weighted by molar-refractivity contribution is 6.01. The van der Waals surface area contributed by atoms with Gasteiger partial charge in [0.2, 0.25) is 5.91 Å². The number of nitrogens with one attached hydrogen (secondary N) is 4. The lowest BCUT2D eigenvalue weighted by Crippen LogP contribution is -2.24. The van der Waals surface area contributed by atoms with Gasteiger partial charge in [-0.2, -0.15) is 0 Å². The van der Waals surface area contributed by atoms with Crippen LogP contribution in [0, 0.1) is 0 Å². The number of carbonyl (C=O) groups excluding carboxylic acids is 3. The molecular formula is C24H29N5O4. The third-order valence-electron chi connectivity index (χ3n) is 5.34. The number of para-hydroxylation sites is 1. The summed E-state index contributed by atoms with van der Waals surface area (Å²) in [4.78, 5) is 35.6. The largest absolute Gasteiger partial charge is 0.352 e. The number of rotatable bonds is 10. The summed E-state index contributed by atoms with van der Waals surface area (Å²) in [5.41, 5.74) is 3.72. The summed E-state index contributed by atoms with van der Waals surface area (Å²) in [5.74, 6) is 0.120. The molecule has 5 N–H and O–H groups in total. The van der Waals surface area contributed by atoms with E-state index in [1.807, 2.05) is 41.9 Å². The molecule has 1 heterocycles. The highest BCUT2D eigenvalue weighted by atomic mass is 16.5. The van der Waals surface area contributed by atoms with Crippen molar-refractivity contribution >= 4 is 40.3 Å². The van der Waals surface area contributed by atoms with Gasteiger partial charge < -0.3 is 15.2 Å². The van der Waals surface area contributed by atoms with Crippen LogP contribution in [0.5, 0.6) is 0 Å². The minimum atomic E-state index is -0.382. The van der Waals surface area contributed by atoms with E-state index in [0.29, 0.717) is 36.5 Å². The van der Waals surface area contributed by atoms with E-state index in [0.717, 1.165) is 30.2 Å². The molecule has 1 aromatic heterocycles. The van der Waals surface area contributed by atoms with Crippen molar-refractivity contribution in [2.45, 2.75) is 32.1 Å². The topological polar surface area (TPSA) is 124 Å². The lowest BCUT2D eigenvalue weighted by atomic mass is 10.1. The Balaban J connectivity index is 1.41. The predicted molar refractivity (Wildman–Crippen MR) is 127 cm³/mol. The SMILES string of the molecule is Cn1c(NC(=O)Nc2ccc(C(=O)NCCCCCCC(=O)NO)cc2)cc2ccccc21. The average molecular weight is 452 g/mol. The first-order valence-electron chi connectivity index (χ1n) is 10.9. The molecule has 0 spiro atoms. The van der Waals surface area contributed by atoms with Crippen LogP contribution in [-0.4, -0.2) is 34.2 Å². The second-order valence-corrected chi connectivity index (χ2v) is 7.76. The minimum Gasteiger partial charge on any atom is -0.352 e. The smallest absolute Gasteiger partial charge is 0.324 e. The van der Waals surface area contributed by atoms with Gasteiger partial charge in [-0.15, -0.1) is 0 Å². The van der Waals surface area contributed by atoms with Crippen molar-refractivity contribution in [2.24, 2.45) is 7.05 Å². The molecule has 0 saturated carbocycles. The highest BCUT2D eigenvalue weighted by Gasteiger charge is 2.10. The first-order chi connectivity index (χ1) is 16.0. The summed E-state index contributed by atoms with van der Waals surface area (Å²) in [6, 6.07) is 16.1. The average Bonchev–Trinajstić information content (AvgIpc) is 3.13. The molecule has 9 heteroatoms. The van der Waals surface area contributed by atoms with E-state index in [9.17, 15) is 14.4 Å². The number of anilines is 2. The molecule has 0 saturated heterocycles. The van der Waals surface area contributed by atoms with E-state index in [1.54, 1.807) is 29.7 Å². The Morgan fingerprint density at radius 2 is 1.64 bits per heavy atom. The molecule has 0 atom stereocenters. The van der Waals surface area contributed by atoms with Crippen LogP contribution in [0.25, 0.3) is 10.9 Å². The lowest BCUT2D eigenvalue weighted by Gasteiger charge is -2.10. The summed E-state index contributed by atoms with van der Waals surface area (Å²) in [6.07, 6.45) is 3.53. The summed E-state index contributed by atoms with van der Waals surface area (Å²) < 4.78 is 1.91. The zero-order valence-corrected chi connectivity index (χ0v) is 18.6. The standard InChI is InChI=1S/C24H29N5O4/c1-29-20-9-6-5-8-18(20)16-21(29)27-24(32)26-19-13-11-17(12-14-19)23(31)25-15-7-3-2-4-10-22(30)28-33/h5-6,8-9,11-14,16,33H,2-4,7,10,15H2,1H3,(H,25,31)(H,28,30)(H2,26,27,32). The number of carbonyl (C=O) groups is 3. The van der Waals surface area contributed by atoms with Crippen molar-refractivity contribution in [3.63, 3.8) is 0 Å². The Kier molecular flexibility index (Phi) is 8.43.